The molecule has 1 heterocycles. The molecule has 2 heteroatoms. The van der Waals surface area contributed by atoms with E-state index in [1.165, 1.54) is 115 Å². The van der Waals surface area contributed by atoms with E-state index < -0.39 is 0 Å². The maximum atomic E-state index is 6.12. The van der Waals surface area contributed by atoms with Crippen LogP contribution in [0.2, 0.25) is 0 Å². The fourth-order valence-electron chi connectivity index (χ4n) is 6.23. The van der Waals surface area contributed by atoms with Crippen LogP contribution in [0.5, 0.6) is 5.75 Å². The van der Waals surface area contributed by atoms with Crippen molar-refractivity contribution in [3.63, 3.8) is 0 Å². The van der Waals surface area contributed by atoms with E-state index >= 15 is 0 Å². The monoisotopic (exact) mass is 441 g/mol. The van der Waals surface area contributed by atoms with E-state index in [9.17, 15) is 0 Å². The van der Waals surface area contributed by atoms with Gasteiger partial charge < -0.3 is 4.74 Å². The number of ether oxygens (including phenoxy) is 1. The lowest BCUT2D eigenvalue weighted by Crippen LogP contribution is -2.27. The number of aromatic nitrogens is 1. The van der Waals surface area contributed by atoms with Crippen LogP contribution in [0.1, 0.15) is 129 Å². The lowest BCUT2D eigenvalue weighted by atomic mass is 9.69. The summed E-state index contributed by atoms with van der Waals surface area (Å²) in [6.07, 6.45) is 27.2. The highest BCUT2D eigenvalue weighted by molar-refractivity contribution is 5.20. The minimum absolute atomic E-state index is 0.745. The summed E-state index contributed by atoms with van der Waals surface area (Å²) < 4.78 is 6.12. The summed E-state index contributed by atoms with van der Waals surface area (Å²) in [5.41, 5.74) is 1.21. The topological polar surface area (TPSA) is 22.1 Å². The van der Waals surface area contributed by atoms with E-state index in [0.717, 1.165) is 42.4 Å². The van der Waals surface area contributed by atoms with Gasteiger partial charge in [-0.3, -0.25) is 4.98 Å². The highest BCUT2D eigenvalue weighted by Gasteiger charge is 2.30. The average Bonchev–Trinajstić information content (AvgIpc) is 2.84. The number of hydrogen-bond acceptors (Lipinski definition) is 2. The Morgan fingerprint density at radius 3 is 1.97 bits per heavy atom. The van der Waals surface area contributed by atoms with Gasteiger partial charge in [-0.05, 0) is 87.2 Å². The van der Waals surface area contributed by atoms with Crippen molar-refractivity contribution in [3.8, 4) is 5.75 Å². The minimum atomic E-state index is 0.745. The highest BCUT2D eigenvalue weighted by atomic mass is 16.5. The van der Waals surface area contributed by atoms with E-state index in [2.05, 4.69) is 31.0 Å². The average molecular weight is 442 g/mol. The molecule has 0 unspecified atom stereocenters. The van der Waals surface area contributed by atoms with Gasteiger partial charge in [-0.2, -0.15) is 0 Å². The molecule has 0 aliphatic heterocycles. The maximum absolute atomic E-state index is 6.12. The molecular formula is C30H51NO. The fraction of sp³-hybridized carbons (Fsp3) is 0.833. The number of aryl methyl sites for hydroxylation is 1. The predicted octanol–water partition coefficient (Wildman–Crippen LogP) is 9.17. The Kier molecular flexibility index (Phi) is 12.0. The Hall–Kier alpha value is -1.05. The molecule has 1 aromatic rings. The number of unbranched alkanes of at least 4 members (excludes halogenated alkanes) is 6. The molecule has 0 spiro atoms. The van der Waals surface area contributed by atoms with Crippen molar-refractivity contribution in [3.05, 3.63) is 24.0 Å². The first-order valence-corrected chi connectivity index (χ1v) is 14.4. The van der Waals surface area contributed by atoms with Crippen LogP contribution in [0.15, 0.2) is 18.3 Å². The molecule has 0 amide bonds. The molecule has 2 aliphatic rings. The van der Waals surface area contributed by atoms with Crippen LogP contribution in [0.3, 0.4) is 0 Å². The van der Waals surface area contributed by atoms with E-state index in [-0.39, 0.29) is 0 Å². The van der Waals surface area contributed by atoms with Crippen molar-refractivity contribution in [2.75, 3.05) is 6.61 Å². The standard InChI is InChI=1S/C30H51NO/c1-3-5-7-8-10-11-25-13-17-27(18-14-25)28-19-15-26(16-20-28)24-32-30-22-21-29(31-23-30)12-9-6-4-2/h21-23,25-28H,3-20,24H2,1-2H3. The zero-order chi connectivity index (χ0) is 22.4. The summed E-state index contributed by atoms with van der Waals surface area (Å²) in [6.45, 7) is 5.45. The molecule has 0 radical (unpaired) electrons. The zero-order valence-electron chi connectivity index (χ0n) is 21.3. The summed E-state index contributed by atoms with van der Waals surface area (Å²) in [5, 5.41) is 0. The van der Waals surface area contributed by atoms with Crippen molar-refractivity contribution in [2.24, 2.45) is 23.7 Å². The number of nitrogens with zero attached hydrogens (tertiary/aromatic N) is 1. The summed E-state index contributed by atoms with van der Waals surface area (Å²) in [5.74, 6) is 4.78. The Bertz CT molecular complexity index is 581. The molecule has 1 aromatic heterocycles. The smallest absolute Gasteiger partial charge is 0.137 e. The van der Waals surface area contributed by atoms with Gasteiger partial charge in [0.1, 0.15) is 5.75 Å². The van der Waals surface area contributed by atoms with Crippen LogP contribution >= 0.6 is 0 Å². The highest BCUT2D eigenvalue weighted by Crippen LogP contribution is 2.42. The van der Waals surface area contributed by atoms with Gasteiger partial charge in [0.05, 0.1) is 12.8 Å². The summed E-state index contributed by atoms with van der Waals surface area (Å²) >= 11 is 0. The van der Waals surface area contributed by atoms with E-state index in [1.807, 2.05) is 6.20 Å². The van der Waals surface area contributed by atoms with Crippen molar-refractivity contribution >= 4 is 0 Å². The summed E-state index contributed by atoms with van der Waals surface area (Å²) in [4.78, 5) is 4.60. The van der Waals surface area contributed by atoms with Crippen LogP contribution in [-0.4, -0.2) is 11.6 Å². The molecule has 0 bridgehead atoms. The fourth-order valence-corrected chi connectivity index (χ4v) is 6.23. The molecule has 182 valence electrons. The molecule has 32 heavy (non-hydrogen) atoms. The van der Waals surface area contributed by atoms with Gasteiger partial charge >= 0.3 is 0 Å². The summed E-state index contributed by atoms with van der Waals surface area (Å²) in [6, 6.07) is 4.28. The van der Waals surface area contributed by atoms with Gasteiger partial charge in [0.2, 0.25) is 0 Å². The van der Waals surface area contributed by atoms with Crippen LogP contribution in [0.25, 0.3) is 0 Å². The number of hydrogen-bond donors (Lipinski definition) is 0. The van der Waals surface area contributed by atoms with E-state index in [0.29, 0.717) is 0 Å². The van der Waals surface area contributed by atoms with Gasteiger partial charge in [-0.25, -0.2) is 0 Å². The molecule has 2 saturated carbocycles. The largest absolute Gasteiger partial charge is 0.492 e. The second kappa shape index (κ2) is 15.0. The second-order valence-electron chi connectivity index (χ2n) is 11.0. The van der Waals surface area contributed by atoms with Crippen LogP contribution < -0.4 is 4.74 Å². The van der Waals surface area contributed by atoms with Gasteiger partial charge in [0.25, 0.3) is 0 Å². The van der Waals surface area contributed by atoms with E-state index in [4.69, 9.17) is 4.74 Å². The van der Waals surface area contributed by atoms with Crippen molar-refractivity contribution in [1.29, 1.82) is 0 Å². The van der Waals surface area contributed by atoms with Gasteiger partial charge in [0, 0.05) is 5.69 Å². The second-order valence-corrected chi connectivity index (χ2v) is 11.0. The van der Waals surface area contributed by atoms with Crippen LogP contribution in [-0.2, 0) is 6.42 Å². The molecule has 2 aliphatic carbocycles. The van der Waals surface area contributed by atoms with Gasteiger partial charge in [-0.15, -0.1) is 0 Å². The molecule has 0 atom stereocenters. The number of pyridine rings is 1. The minimum Gasteiger partial charge on any atom is -0.492 e. The molecular weight excluding hydrogens is 390 g/mol. The first-order valence-electron chi connectivity index (χ1n) is 14.4. The molecule has 0 N–H and O–H groups in total. The van der Waals surface area contributed by atoms with Gasteiger partial charge in [0.15, 0.2) is 0 Å². The lowest BCUT2D eigenvalue weighted by Gasteiger charge is -2.38. The first-order chi connectivity index (χ1) is 15.8. The Labute approximate surface area is 199 Å². The van der Waals surface area contributed by atoms with E-state index in [1.54, 1.807) is 0 Å². The molecule has 2 fully saturated rings. The third-order valence-corrected chi connectivity index (χ3v) is 8.49. The van der Waals surface area contributed by atoms with Gasteiger partial charge in [-0.1, -0.05) is 78.1 Å². The van der Waals surface area contributed by atoms with Crippen molar-refractivity contribution in [2.45, 2.75) is 129 Å². The van der Waals surface area contributed by atoms with Crippen molar-refractivity contribution in [1.82, 2.24) is 4.98 Å². The molecule has 3 rings (SSSR count). The first kappa shape index (κ1) is 25.6. The van der Waals surface area contributed by atoms with Crippen molar-refractivity contribution < 1.29 is 4.74 Å². The normalized spacial score (nSPS) is 26.2. The maximum Gasteiger partial charge on any atom is 0.137 e. The third kappa shape index (κ3) is 9.06. The van der Waals surface area contributed by atoms with Crippen LogP contribution in [0.4, 0.5) is 0 Å². The van der Waals surface area contributed by atoms with Crippen LogP contribution in [0, 0.1) is 23.7 Å². The Morgan fingerprint density at radius 2 is 1.34 bits per heavy atom. The molecule has 0 aromatic carbocycles. The number of rotatable bonds is 14. The predicted molar refractivity (Wildman–Crippen MR) is 137 cm³/mol. The molecule has 2 nitrogen and oxygen atoms in total. The Morgan fingerprint density at radius 1 is 0.719 bits per heavy atom. The third-order valence-electron chi connectivity index (χ3n) is 8.49. The summed E-state index contributed by atoms with van der Waals surface area (Å²) in [7, 11) is 0. The SMILES string of the molecule is CCCCCCCC1CCC(C2CCC(COc3ccc(CCCCC)nc3)CC2)CC1. The zero-order valence-corrected chi connectivity index (χ0v) is 21.3. The lowest BCUT2D eigenvalue weighted by molar-refractivity contribution is 0.121. The molecule has 0 saturated heterocycles. The quantitative estimate of drug-likeness (QED) is 0.268. The Balaban J connectivity index is 1.26.